The Hall–Kier alpha value is -3.00. The summed E-state index contributed by atoms with van der Waals surface area (Å²) in [5.41, 5.74) is 0.909. The third-order valence-corrected chi connectivity index (χ3v) is 5.17. The number of halogens is 1. The van der Waals surface area contributed by atoms with E-state index in [1.165, 1.54) is 12.1 Å². The number of likely N-dealkylation sites (tertiary alicyclic amines) is 1. The Morgan fingerprint density at radius 3 is 2.83 bits per heavy atom. The molecule has 1 fully saturated rings. The number of nitrogens with zero attached hydrogens (tertiary/aromatic N) is 3. The highest BCUT2D eigenvalue weighted by molar-refractivity contribution is 5.93. The fraction of sp³-hybridized carbons (Fsp3) is 0.381. The Kier molecular flexibility index (Phi) is 6.00. The maximum atomic E-state index is 13.0. The molecule has 152 valence electrons. The molecule has 1 aliphatic rings. The van der Waals surface area contributed by atoms with Crippen LogP contribution in [0.25, 0.3) is 11.3 Å². The van der Waals surface area contributed by atoms with Crippen LogP contribution in [0.5, 0.6) is 0 Å². The van der Waals surface area contributed by atoms with Crippen LogP contribution in [0, 0.1) is 5.82 Å². The standard InChI is InChI=1S/C21H24FN5O2/c22-17-6-4-15(5-7-17)19-12-18(26-29-19)21(28)25-8-2-1-3-11-27-13-16(14-27)20-23-9-10-24-20/h4-7,9-10,12,16H,1-3,8,11,13-14H2,(H,23,24)(H,25,28). The summed E-state index contributed by atoms with van der Waals surface area (Å²) in [6.45, 7) is 3.81. The van der Waals surface area contributed by atoms with Crippen LogP contribution < -0.4 is 5.32 Å². The molecule has 4 rings (SSSR count). The molecule has 0 aliphatic carbocycles. The molecule has 1 saturated heterocycles. The molecule has 0 unspecified atom stereocenters. The minimum atomic E-state index is -0.322. The fourth-order valence-corrected chi connectivity index (χ4v) is 3.49. The van der Waals surface area contributed by atoms with Crippen molar-refractivity contribution in [3.05, 3.63) is 60.1 Å². The van der Waals surface area contributed by atoms with Gasteiger partial charge in [-0.2, -0.15) is 0 Å². The highest BCUT2D eigenvalue weighted by atomic mass is 19.1. The van der Waals surface area contributed by atoms with Crippen LogP contribution in [0.2, 0.25) is 0 Å². The van der Waals surface area contributed by atoms with Crippen LogP contribution in [-0.2, 0) is 0 Å². The number of imidazole rings is 1. The van der Waals surface area contributed by atoms with Crippen molar-refractivity contribution in [3.63, 3.8) is 0 Å². The van der Waals surface area contributed by atoms with Gasteiger partial charge in [0.2, 0.25) is 0 Å². The minimum absolute atomic E-state index is 0.230. The van der Waals surface area contributed by atoms with Gasteiger partial charge >= 0.3 is 0 Å². The second-order valence-electron chi connectivity index (χ2n) is 7.33. The van der Waals surface area contributed by atoms with Crippen molar-refractivity contribution in [1.82, 2.24) is 25.3 Å². The molecule has 1 aromatic carbocycles. The molecule has 3 aromatic rings. The van der Waals surface area contributed by atoms with Crippen molar-refractivity contribution in [2.24, 2.45) is 0 Å². The summed E-state index contributed by atoms with van der Waals surface area (Å²) in [5.74, 6) is 1.48. The average Bonchev–Trinajstić information content (AvgIpc) is 3.38. The number of hydrogen-bond donors (Lipinski definition) is 2. The number of hydrogen-bond acceptors (Lipinski definition) is 5. The predicted molar refractivity (Wildman–Crippen MR) is 106 cm³/mol. The van der Waals surface area contributed by atoms with Crippen LogP contribution >= 0.6 is 0 Å². The van der Waals surface area contributed by atoms with E-state index in [9.17, 15) is 9.18 Å². The van der Waals surface area contributed by atoms with Gasteiger partial charge in [-0.15, -0.1) is 0 Å². The molecule has 1 amide bonds. The Balaban J connectivity index is 1.10. The molecule has 8 heteroatoms. The van der Waals surface area contributed by atoms with Crippen molar-refractivity contribution >= 4 is 5.91 Å². The second-order valence-corrected chi connectivity index (χ2v) is 7.33. The maximum absolute atomic E-state index is 13.0. The second kappa shape index (κ2) is 9.00. The number of carbonyl (C=O) groups excluding carboxylic acids is 1. The van der Waals surface area contributed by atoms with E-state index in [4.69, 9.17) is 4.52 Å². The van der Waals surface area contributed by atoms with E-state index in [2.05, 4.69) is 25.3 Å². The Labute approximate surface area is 168 Å². The lowest BCUT2D eigenvalue weighted by molar-refractivity contribution is 0.0943. The molecule has 1 aliphatic heterocycles. The van der Waals surface area contributed by atoms with Crippen molar-refractivity contribution < 1.29 is 13.7 Å². The molecule has 2 N–H and O–H groups in total. The molecular formula is C21H24FN5O2. The zero-order chi connectivity index (χ0) is 20.1. The molecule has 0 atom stereocenters. The number of benzene rings is 1. The first-order chi connectivity index (χ1) is 14.2. The normalized spacial score (nSPS) is 14.7. The van der Waals surface area contributed by atoms with Gasteiger partial charge in [-0.25, -0.2) is 9.37 Å². The summed E-state index contributed by atoms with van der Waals surface area (Å²) < 4.78 is 18.2. The molecule has 0 spiro atoms. The zero-order valence-electron chi connectivity index (χ0n) is 16.1. The largest absolute Gasteiger partial charge is 0.355 e. The van der Waals surface area contributed by atoms with Gasteiger partial charge in [0.05, 0.1) is 0 Å². The molecule has 7 nitrogen and oxygen atoms in total. The zero-order valence-corrected chi connectivity index (χ0v) is 16.1. The Morgan fingerprint density at radius 1 is 1.24 bits per heavy atom. The van der Waals surface area contributed by atoms with E-state index < -0.39 is 0 Å². The van der Waals surface area contributed by atoms with Gasteiger partial charge in [0, 0.05) is 49.6 Å². The van der Waals surface area contributed by atoms with E-state index in [0.717, 1.165) is 44.7 Å². The van der Waals surface area contributed by atoms with Gasteiger partial charge < -0.3 is 19.7 Å². The SMILES string of the molecule is O=C(NCCCCCN1CC(c2ncc[nH]2)C1)c1cc(-c2ccc(F)cc2)on1. The molecule has 0 saturated carbocycles. The number of aromatic amines is 1. The van der Waals surface area contributed by atoms with Gasteiger partial charge in [-0.1, -0.05) is 11.6 Å². The van der Waals surface area contributed by atoms with Crippen LogP contribution in [0.15, 0.2) is 47.2 Å². The topological polar surface area (TPSA) is 87.0 Å². The van der Waals surface area contributed by atoms with Crippen molar-refractivity contribution in [2.75, 3.05) is 26.2 Å². The Morgan fingerprint density at radius 2 is 2.07 bits per heavy atom. The van der Waals surface area contributed by atoms with Crippen molar-refractivity contribution in [1.29, 1.82) is 0 Å². The first kappa shape index (κ1) is 19.3. The van der Waals surface area contributed by atoms with Gasteiger partial charge in [0.1, 0.15) is 11.6 Å². The minimum Gasteiger partial charge on any atom is -0.355 e. The van der Waals surface area contributed by atoms with Gasteiger partial charge in [0.15, 0.2) is 11.5 Å². The number of aromatic nitrogens is 3. The molecule has 3 heterocycles. The van der Waals surface area contributed by atoms with Gasteiger partial charge in [0.25, 0.3) is 5.91 Å². The number of amides is 1. The highest BCUT2D eigenvalue weighted by Gasteiger charge is 2.28. The fourth-order valence-electron chi connectivity index (χ4n) is 3.49. The third-order valence-electron chi connectivity index (χ3n) is 5.17. The number of rotatable bonds is 9. The third kappa shape index (κ3) is 4.89. The first-order valence-electron chi connectivity index (χ1n) is 9.91. The van der Waals surface area contributed by atoms with E-state index >= 15 is 0 Å². The number of unbranched alkanes of at least 4 members (excludes halogenated alkanes) is 2. The monoisotopic (exact) mass is 397 g/mol. The van der Waals surface area contributed by atoms with E-state index in [-0.39, 0.29) is 17.4 Å². The first-order valence-corrected chi connectivity index (χ1v) is 9.91. The van der Waals surface area contributed by atoms with Crippen molar-refractivity contribution in [3.8, 4) is 11.3 Å². The summed E-state index contributed by atoms with van der Waals surface area (Å²) in [4.78, 5) is 22.1. The summed E-state index contributed by atoms with van der Waals surface area (Å²) in [7, 11) is 0. The van der Waals surface area contributed by atoms with E-state index in [1.54, 1.807) is 24.4 Å². The van der Waals surface area contributed by atoms with Crippen molar-refractivity contribution in [2.45, 2.75) is 25.2 Å². The van der Waals surface area contributed by atoms with Crippen LogP contribution in [0.3, 0.4) is 0 Å². The van der Waals surface area contributed by atoms with Gasteiger partial charge in [-0.05, 0) is 43.7 Å². The lowest BCUT2D eigenvalue weighted by atomic mass is 9.99. The predicted octanol–water partition coefficient (Wildman–Crippen LogP) is 3.20. The molecule has 2 aromatic heterocycles. The summed E-state index contributed by atoms with van der Waals surface area (Å²) in [6, 6.07) is 7.44. The summed E-state index contributed by atoms with van der Waals surface area (Å²) >= 11 is 0. The highest BCUT2D eigenvalue weighted by Crippen LogP contribution is 2.24. The van der Waals surface area contributed by atoms with E-state index in [0.29, 0.717) is 23.8 Å². The van der Waals surface area contributed by atoms with Crippen LogP contribution in [-0.4, -0.2) is 52.1 Å². The molecule has 0 bridgehead atoms. The molecule has 29 heavy (non-hydrogen) atoms. The van der Waals surface area contributed by atoms with E-state index in [1.807, 2.05) is 6.20 Å². The number of carbonyl (C=O) groups is 1. The van der Waals surface area contributed by atoms with Crippen LogP contribution in [0.1, 0.15) is 41.5 Å². The Bertz CT molecular complexity index is 917. The van der Waals surface area contributed by atoms with Gasteiger partial charge in [-0.3, -0.25) is 4.79 Å². The number of H-pyrrole nitrogens is 1. The van der Waals surface area contributed by atoms with Crippen LogP contribution in [0.4, 0.5) is 4.39 Å². The number of nitrogens with one attached hydrogen (secondary N) is 2. The summed E-state index contributed by atoms with van der Waals surface area (Å²) in [5, 5.41) is 6.67. The maximum Gasteiger partial charge on any atom is 0.273 e. The molecule has 0 radical (unpaired) electrons. The molecular weight excluding hydrogens is 373 g/mol. The average molecular weight is 397 g/mol. The smallest absolute Gasteiger partial charge is 0.273 e. The lowest BCUT2D eigenvalue weighted by Crippen LogP contribution is -2.45. The lowest BCUT2D eigenvalue weighted by Gasteiger charge is -2.38. The quantitative estimate of drug-likeness (QED) is 0.542. The summed E-state index contributed by atoms with van der Waals surface area (Å²) in [6.07, 6.45) is 6.76.